The van der Waals surface area contributed by atoms with Crippen molar-refractivity contribution in [3.05, 3.63) is 23.2 Å². The zero-order valence-electron chi connectivity index (χ0n) is 7.80. The smallest absolute Gasteiger partial charge is 0.341 e. The second-order valence-corrected chi connectivity index (χ2v) is 3.29. The van der Waals surface area contributed by atoms with Crippen LogP contribution < -0.4 is 0 Å². The lowest BCUT2D eigenvalue weighted by Gasteiger charge is -1.97. The molecule has 1 aromatic heterocycles. The number of aryl methyl sites for hydroxylation is 1. The highest BCUT2D eigenvalue weighted by Crippen LogP contribution is 2.17. The summed E-state index contributed by atoms with van der Waals surface area (Å²) in [6.45, 7) is 3.61. The van der Waals surface area contributed by atoms with E-state index in [1.54, 1.807) is 13.8 Å². The van der Waals surface area contributed by atoms with Gasteiger partial charge in [-0.2, -0.15) is 0 Å². The Labute approximate surface area is 89.4 Å². The van der Waals surface area contributed by atoms with Crippen LogP contribution in [0.4, 0.5) is 0 Å². The van der Waals surface area contributed by atoms with E-state index in [9.17, 15) is 9.59 Å². The molecule has 76 valence electrons. The number of esters is 1. The molecule has 1 rings (SSSR count). The van der Waals surface area contributed by atoms with Crippen LogP contribution in [0.25, 0.3) is 0 Å². The molecule has 0 bridgehead atoms. The van der Waals surface area contributed by atoms with Gasteiger partial charge in [-0.1, -0.05) is 0 Å². The van der Waals surface area contributed by atoms with Crippen molar-refractivity contribution in [2.24, 2.45) is 0 Å². The van der Waals surface area contributed by atoms with E-state index in [-0.39, 0.29) is 11.3 Å². The van der Waals surface area contributed by atoms with E-state index in [4.69, 9.17) is 9.15 Å². The third kappa shape index (κ3) is 2.23. The minimum Gasteiger partial charge on any atom is -0.462 e. The highest BCUT2D eigenvalue weighted by Gasteiger charge is 2.18. The number of hydrogen-bond donors (Lipinski definition) is 0. The van der Waals surface area contributed by atoms with Gasteiger partial charge in [-0.15, -0.1) is 0 Å². The van der Waals surface area contributed by atoms with Crippen molar-refractivity contribution in [3.63, 3.8) is 0 Å². The highest BCUT2D eigenvalue weighted by molar-refractivity contribution is 9.18. The van der Waals surface area contributed by atoms with E-state index >= 15 is 0 Å². The predicted molar refractivity (Wildman–Crippen MR) is 52.7 cm³/mol. The van der Waals surface area contributed by atoms with Gasteiger partial charge in [-0.25, -0.2) is 4.79 Å². The van der Waals surface area contributed by atoms with Gasteiger partial charge in [0.05, 0.1) is 6.61 Å². The Morgan fingerprint density at radius 1 is 1.57 bits per heavy atom. The third-order valence-electron chi connectivity index (χ3n) is 1.61. The van der Waals surface area contributed by atoms with Crippen molar-refractivity contribution in [2.45, 2.75) is 13.8 Å². The van der Waals surface area contributed by atoms with E-state index in [2.05, 4.69) is 15.9 Å². The van der Waals surface area contributed by atoms with Crippen LogP contribution in [-0.4, -0.2) is 17.3 Å². The van der Waals surface area contributed by atoms with Gasteiger partial charge in [0.1, 0.15) is 11.3 Å². The molecular weight excluding hydrogens is 252 g/mol. The molecule has 0 saturated carbocycles. The quantitative estimate of drug-likeness (QED) is 0.618. The van der Waals surface area contributed by atoms with Crippen molar-refractivity contribution in [1.29, 1.82) is 0 Å². The molecule has 0 radical (unpaired) electrons. The molecular formula is C9H9BrO4. The summed E-state index contributed by atoms with van der Waals surface area (Å²) in [7, 11) is 0. The van der Waals surface area contributed by atoms with Crippen LogP contribution in [0.5, 0.6) is 0 Å². The summed E-state index contributed by atoms with van der Waals surface area (Å²) in [5.41, 5.74) is 0.287. The molecule has 0 spiro atoms. The van der Waals surface area contributed by atoms with Gasteiger partial charge in [0.2, 0.25) is 0 Å². The summed E-state index contributed by atoms with van der Waals surface area (Å²) < 4.78 is 9.43. The number of rotatable bonds is 3. The number of halogens is 1. The summed E-state index contributed by atoms with van der Waals surface area (Å²) in [5.74, 6) is 0.00514. The van der Waals surface area contributed by atoms with E-state index in [0.29, 0.717) is 12.4 Å². The molecule has 0 N–H and O–H groups in total. The van der Waals surface area contributed by atoms with E-state index in [1.165, 1.54) is 6.07 Å². The Bertz CT molecular complexity index is 367. The standard InChI is InChI=1S/C9H9BrO4/c1-3-13-9(12)6-4-7(8(10)11)14-5(6)2/h4H,3H2,1-2H3. The maximum atomic E-state index is 11.3. The van der Waals surface area contributed by atoms with Gasteiger partial charge in [0.25, 0.3) is 4.69 Å². The fraction of sp³-hybridized carbons (Fsp3) is 0.333. The van der Waals surface area contributed by atoms with Crippen LogP contribution in [0, 0.1) is 6.92 Å². The Kier molecular flexibility index (Phi) is 3.46. The fourth-order valence-electron chi connectivity index (χ4n) is 0.990. The topological polar surface area (TPSA) is 56.5 Å². The lowest BCUT2D eigenvalue weighted by molar-refractivity contribution is 0.0524. The average Bonchev–Trinajstić information content (AvgIpc) is 2.48. The molecule has 0 fully saturated rings. The Morgan fingerprint density at radius 2 is 2.21 bits per heavy atom. The summed E-state index contributed by atoms with van der Waals surface area (Å²) in [4.78, 5) is 22.2. The molecule has 0 aromatic carbocycles. The molecule has 1 heterocycles. The van der Waals surface area contributed by atoms with E-state index < -0.39 is 10.7 Å². The van der Waals surface area contributed by atoms with Crippen molar-refractivity contribution in [2.75, 3.05) is 6.61 Å². The number of furan rings is 1. The Balaban J connectivity index is 2.98. The third-order valence-corrected chi connectivity index (χ3v) is 2.00. The molecule has 0 aliphatic rings. The molecule has 0 aliphatic carbocycles. The SMILES string of the molecule is CCOC(=O)c1cc(C(=O)Br)oc1C. The predicted octanol–water partition coefficient (Wildman–Crippen LogP) is 2.30. The zero-order valence-corrected chi connectivity index (χ0v) is 9.38. The van der Waals surface area contributed by atoms with Crippen LogP contribution >= 0.6 is 15.9 Å². The maximum absolute atomic E-state index is 11.3. The number of hydrogen-bond acceptors (Lipinski definition) is 4. The molecule has 0 unspecified atom stereocenters. The van der Waals surface area contributed by atoms with Crippen LogP contribution in [0.1, 0.15) is 33.6 Å². The van der Waals surface area contributed by atoms with Crippen LogP contribution in [0.15, 0.2) is 10.5 Å². The Morgan fingerprint density at radius 3 is 2.64 bits per heavy atom. The minimum atomic E-state index is -0.478. The maximum Gasteiger partial charge on any atom is 0.341 e. The summed E-state index contributed by atoms with van der Waals surface area (Å²) in [6.07, 6.45) is 0. The second-order valence-electron chi connectivity index (χ2n) is 2.57. The van der Waals surface area contributed by atoms with Crippen LogP contribution in [0.2, 0.25) is 0 Å². The van der Waals surface area contributed by atoms with Crippen molar-refractivity contribution in [1.82, 2.24) is 0 Å². The lowest BCUT2D eigenvalue weighted by atomic mass is 10.2. The van der Waals surface area contributed by atoms with Gasteiger partial charge < -0.3 is 9.15 Å². The molecule has 4 nitrogen and oxygen atoms in total. The van der Waals surface area contributed by atoms with Gasteiger partial charge in [-0.3, -0.25) is 4.79 Å². The van der Waals surface area contributed by atoms with E-state index in [0.717, 1.165) is 0 Å². The molecule has 0 atom stereocenters. The number of ether oxygens (including phenoxy) is 1. The monoisotopic (exact) mass is 260 g/mol. The van der Waals surface area contributed by atoms with Crippen LogP contribution in [-0.2, 0) is 4.74 Å². The van der Waals surface area contributed by atoms with Gasteiger partial charge >= 0.3 is 5.97 Å². The van der Waals surface area contributed by atoms with Crippen molar-refractivity contribution in [3.8, 4) is 0 Å². The summed E-state index contributed by atoms with van der Waals surface area (Å²) in [5, 5.41) is 0. The highest BCUT2D eigenvalue weighted by atomic mass is 79.9. The second kappa shape index (κ2) is 4.41. The van der Waals surface area contributed by atoms with Crippen molar-refractivity contribution < 1.29 is 18.7 Å². The van der Waals surface area contributed by atoms with Gasteiger partial charge in [0.15, 0.2) is 5.76 Å². The summed E-state index contributed by atoms with van der Waals surface area (Å²) >= 11 is 2.73. The molecule has 0 saturated heterocycles. The molecule has 14 heavy (non-hydrogen) atoms. The molecule has 0 aliphatic heterocycles. The van der Waals surface area contributed by atoms with Crippen LogP contribution in [0.3, 0.4) is 0 Å². The minimum absolute atomic E-state index is 0.102. The molecule has 0 amide bonds. The normalized spacial score (nSPS) is 9.93. The Hall–Kier alpha value is -1.10. The van der Waals surface area contributed by atoms with Gasteiger partial charge in [0, 0.05) is 22.0 Å². The summed E-state index contributed by atoms with van der Waals surface area (Å²) in [6, 6.07) is 1.37. The first kappa shape index (κ1) is 11.0. The van der Waals surface area contributed by atoms with Gasteiger partial charge in [-0.05, 0) is 13.8 Å². The first-order valence-corrected chi connectivity index (χ1v) is 4.83. The lowest BCUT2D eigenvalue weighted by Crippen LogP contribution is -2.04. The largest absolute Gasteiger partial charge is 0.462 e. The number of carbonyl (C=O) groups excluding carboxylic acids is 2. The first-order valence-electron chi connectivity index (χ1n) is 4.03. The van der Waals surface area contributed by atoms with E-state index in [1.807, 2.05) is 0 Å². The molecule has 5 heteroatoms. The fourth-order valence-corrected chi connectivity index (χ4v) is 1.19. The average molecular weight is 261 g/mol. The molecule has 1 aromatic rings. The zero-order chi connectivity index (χ0) is 10.7. The number of carbonyl (C=O) groups is 2. The first-order chi connectivity index (χ1) is 6.56. The van der Waals surface area contributed by atoms with Crippen molar-refractivity contribution >= 4 is 26.6 Å².